The third kappa shape index (κ3) is 3.24. The summed E-state index contributed by atoms with van der Waals surface area (Å²) >= 11 is 5.80. The smallest absolute Gasteiger partial charge is 0.271 e. The van der Waals surface area contributed by atoms with Gasteiger partial charge in [-0.1, -0.05) is 48.0 Å². The molecule has 3 aromatic carbocycles. The van der Waals surface area contributed by atoms with Gasteiger partial charge in [-0.15, -0.1) is 0 Å². The van der Waals surface area contributed by atoms with Gasteiger partial charge < -0.3 is 5.11 Å². The molecule has 0 saturated heterocycles. The lowest BCUT2D eigenvalue weighted by Gasteiger charge is -2.05. The largest absolute Gasteiger partial charge is 0.506 e. The van der Waals surface area contributed by atoms with Crippen LogP contribution in [0.4, 0.5) is 0 Å². The van der Waals surface area contributed by atoms with Crippen molar-refractivity contribution < 1.29 is 9.90 Å². The molecule has 5 heteroatoms. The molecular weight excluding hydrogens is 324 g/mol. The average Bonchev–Trinajstić information content (AvgIpc) is 2.59. The number of phenolic OH excluding ortho intramolecular Hbond substituents is 1. The van der Waals surface area contributed by atoms with E-state index in [0.29, 0.717) is 5.56 Å². The Labute approximate surface area is 144 Å². The molecule has 0 radical (unpaired) electrons. The molecule has 1 amide bonds. The third-order valence-corrected chi connectivity index (χ3v) is 4.06. The van der Waals surface area contributed by atoms with Crippen molar-refractivity contribution >= 4 is 34.5 Å². The zero-order chi connectivity index (χ0) is 17.1. The fourth-order valence-electron chi connectivity index (χ4n) is 2.46. The number of rotatable bonds is 3. The second-order valence-electron chi connectivity index (χ2n) is 5.38. The van der Waals surface area contributed by atoms with Crippen molar-refractivity contribution in [3.8, 4) is 5.75 Å². The van der Waals surface area contributed by atoms with Crippen LogP contribution in [-0.2, 0) is 0 Å². The number of amides is 1. The molecule has 4 nitrogen and oxygen atoms in total. The van der Waals surface area contributed by atoms with Crippen LogP contribution in [0.15, 0.2) is 59.7 Å². The Hall–Kier alpha value is -2.85. The highest BCUT2D eigenvalue weighted by Gasteiger charge is 2.07. The Morgan fingerprint density at radius 1 is 1.12 bits per heavy atom. The lowest BCUT2D eigenvalue weighted by atomic mass is 10.0. The summed E-state index contributed by atoms with van der Waals surface area (Å²) in [6.07, 6.45) is 1.61. The van der Waals surface area contributed by atoms with E-state index in [0.717, 1.165) is 16.3 Å². The molecule has 0 fully saturated rings. The minimum Gasteiger partial charge on any atom is -0.506 e. The molecular formula is C19H15ClN2O2. The van der Waals surface area contributed by atoms with Gasteiger partial charge in [-0.3, -0.25) is 4.79 Å². The van der Waals surface area contributed by atoms with Crippen LogP contribution in [0.5, 0.6) is 5.75 Å². The number of aromatic hydroxyl groups is 1. The first-order valence-electron chi connectivity index (χ1n) is 7.36. The number of aryl methyl sites for hydroxylation is 1. The summed E-state index contributed by atoms with van der Waals surface area (Å²) in [6, 6.07) is 16.3. The van der Waals surface area contributed by atoms with E-state index in [2.05, 4.69) is 23.5 Å². The van der Waals surface area contributed by atoms with Gasteiger partial charge in [0.05, 0.1) is 11.2 Å². The molecule has 0 unspecified atom stereocenters. The molecule has 0 atom stereocenters. The number of fused-ring (bicyclic) bond motifs is 1. The summed E-state index contributed by atoms with van der Waals surface area (Å²) in [5, 5.41) is 15.7. The Kier molecular flexibility index (Phi) is 4.49. The van der Waals surface area contributed by atoms with Crippen molar-refractivity contribution in [2.45, 2.75) is 6.92 Å². The summed E-state index contributed by atoms with van der Waals surface area (Å²) in [5.41, 5.74) is 4.89. The number of carbonyl (C=O) groups is 1. The van der Waals surface area contributed by atoms with Crippen LogP contribution in [0.1, 0.15) is 21.5 Å². The van der Waals surface area contributed by atoms with Gasteiger partial charge in [0.15, 0.2) is 0 Å². The molecule has 0 spiro atoms. The van der Waals surface area contributed by atoms with E-state index in [1.165, 1.54) is 23.8 Å². The predicted molar refractivity (Wildman–Crippen MR) is 96.9 cm³/mol. The fraction of sp³-hybridized carbons (Fsp3) is 0.0526. The SMILES string of the molecule is Cc1ccc(C=NNC(=O)c2ccc(O)c(Cl)c2)c2ccccc12. The van der Waals surface area contributed by atoms with Crippen molar-refractivity contribution in [3.05, 3.63) is 76.3 Å². The Morgan fingerprint density at radius 3 is 2.62 bits per heavy atom. The summed E-state index contributed by atoms with van der Waals surface area (Å²) in [5.74, 6) is -0.465. The van der Waals surface area contributed by atoms with Gasteiger partial charge in [0.25, 0.3) is 5.91 Å². The lowest BCUT2D eigenvalue weighted by molar-refractivity contribution is 0.0955. The van der Waals surface area contributed by atoms with E-state index in [9.17, 15) is 9.90 Å². The fourth-order valence-corrected chi connectivity index (χ4v) is 2.64. The molecule has 3 rings (SSSR count). The lowest BCUT2D eigenvalue weighted by Crippen LogP contribution is -2.17. The van der Waals surface area contributed by atoms with E-state index < -0.39 is 5.91 Å². The maximum atomic E-state index is 12.1. The number of benzene rings is 3. The Bertz CT molecular complexity index is 951. The van der Waals surface area contributed by atoms with Crippen molar-refractivity contribution in [1.82, 2.24) is 5.43 Å². The van der Waals surface area contributed by atoms with E-state index in [-0.39, 0.29) is 10.8 Å². The first-order chi connectivity index (χ1) is 11.6. The average molecular weight is 339 g/mol. The number of hydrogen-bond acceptors (Lipinski definition) is 3. The highest BCUT2D eigenvalue weighted by atomic mass is 35.5. The Balaban J connectivity index is 1.80. The standard InChI is InChI=1S/C19H15ClN2O2/c1-12-6-7-14(16-5-3-2-4-15(12)16)11-21-22-19(24)13-8-9-18(23)17(20)10-13/h2-11,23H,1H3,(H,22,24). The molecule has 0 aromatic heterocycles. The van der Waals surface area contributed by atoms with E-state index in [1.807, 2.05) is 30.3 Å². The Morgan fingerprint density at radius 2 is 1.88 bits per heavy atom. The summed E-state index contributed by atoms with van der Waals surface area (Å²) < 4.78 is 0. The van der Waals surface area contributed by atoms with Crippen molar-refractivity contribution in [2.24, 2.45) is 5.10 Å². The molecule has 0 aliphatic heterocycles. The number of hydrazone groups is 1. The molecule has 0 aliphatic rings. The van der Waals surface area contributed by atoms with Crippen LogP contribution in [0, 0.1) is 6.92 Å². The second kappa shape index (κ2) is 6.72. The van der Waals surface area contributed by atoms with Gasteiger partial charge in [-0.05, 0) is 41.5 Å². The molecule has 0 heterocycles. The predicted octanol–water partition coefficient (Wildman–Crippen LogP) is 4.27. The summed E-state index contributed by atoms with van der Waals surface area (Å²) in [7, 11) is 0. The van der Waals surface area contributed by atoms with Gasteiger partial charge in [0, 0.05) is 11.1 Å². The maximum Gasteiger partial charge on any atom is 0.271 e. The minimum atomic E-state index is -0.399. The minimum absolute atomic E-state index is 0.0668. The van der Waals surface area contributed by atoms with Crippen LogP contribution >= 0.6 is 11.6 Å². The van der Waals surface area contributed by atoms with Crippen LogP contribution in [0.25, 0.3) is 10.8 Å². The summed E-state index contributed by atoms with van der Waals surface area (Å²) in [4.78, 5) is 12.1. The number of phenols is 1. The second-order valence-corrected chi connectivity index (χ2v) is 5.79. The number of nitrogens with one attached hydrogen (secondary N) is 1. The number of carbonyl (C=O) groups excluding carboxylic acids is 1. The van der Waals surface area contributed by atoms with E-state index in [4.69, 9.17) is 11.6 Å². The number of halogens is 1. The zero-order valence-corrected chi connectivity index (χ0v) is 13.7. The first kappa shape index (κ1) is 16.0. The van der Waals surface area contributed by atoms with Crippen LogP contribution in [0.2, 0.25) is 5.02 Å². The van der Waals surface area contributed by atoms with Crippen molar-refractivity contribution in [2.75, 3.05) is 0 Å². The quantitative estimate of drug-likeness (QED) is 0.553. The van der Waals surface area contributed by atoms with Crippen LogP contribution in [0.3, 0.4) is 0 Å². The van der Waals surface area contributed by atoms with Crippen LogP contribution in [-0.4, -0.2) is 17.2 Å². The van der Waals surface area contributed by atoms with Crippen LogP contribution < -0.4 is 5.43 Å². The molecule has 120 valence electrons. The molecule has 0 aliphatic carbocycles. The van der Waals surface area contributed by atoms with Gasteiger partial charge in [-0.2, -0.15) is 5.10 Å². The zero-order valence-electron chi connectivity index (χ0n) is 13.0. The molecule has 2 N–H and O–H groups in total. The van der Waals surface area contributed by atoms with Gasteiger partial charge in [0.2, 0.25) is 0 Å². The third-order valence-electron chi connectivity index (χ3n) is 3.76. The number of nitrogens with zero attached hydrogens (tertiary/aromatic N) is 1. The molecule has 24 heavy (non-hydrogen) atoms. The summed E-state index contributed by atoms with van der Waals surface area (Å²) in [6.45, 7) is 2.06. The topological polar surface area (TPSA) is 61.7 Å². The van der Waals surface area contributed by atoms with E-state index in [1.54, 1.807) is 6.21 Å². The molecule has 3 aromatic rings. The van der Waals surface area contributed by atoms with Crippen molar-refractivity contribution in [3.63, 3.8) is 0 Å². The highest BCUT2D eigenvalue weighted by Crippen LogP contribution is 2.23. The van der Waals surface area contributed by atoms with E-state index >= 15 is 0 Å². The van der Waals surface area contributed by atoms with Crippen molar-refractivity contribution in [1.29, 1.82) is 0 Å². The number of hydrogen-bond donors (Lipinski definition) is 2. The molecule has 0 bridgehead atoms. The molecule has 0 saturated carbocycles. The van der Waals surface area contributed by atoms with Gasteiger partial charge >= 0.3 is 0 Å². The highest BCUT2D eigenvalue weighted by molar-refractivity contribution is 6.32. The monoisotopic (exact) mass is 338 g/mol. The first-order valence-corrected chi connectivity index (χ1v) is 7.74. The maximum absolute atomic E-state index is 12.1. The van der Waals surface area contributed by atoms with Gasteiger partial charge in [-0.25, -0.2) is 5.43 Å². The van der Waals surface area contributed by atoms with Gasteiger partial charge in [0.1, 0.15) is 5.75 Å². The normalized spacial score (nSPS) is 11.1.